The Labute approximate surface area is 148 Å². The molecule has 1 saturated carbocycles. The summed E-state index contributed by atoms with van der Waals surface area (Å²) in [5, 5.41) is 3.22. The fourth-order valence-electron chi connectivity index (χ4n) is 3.33. The van der Waals surface area contributed by atoms with E-state index < -0.39 is 0 Å². The molecule has 0 spiro atoms. The van der Waals surface area contributed by atoms with Gasteiger partial charge in [-0.25, -0.2) is 4.98 Å². The molecule has 0 radical (unpaired) electrons. The molecule has 0 bridgehead atoms. The van der Waals surface area contributed by atoms with Gasteiger partial charge in [-0.3, -0.25) is 4.98 Å². The molecule has 2 heterocycles. The van der Waals surface area contributed by atoms with Crippen molar-refractivity contribution in [2.24, 2.45) is 0 Å². The van der Waals surface area contributed by atoms with Crippen LogP contribution in [-0.4, -0.2) is 9.97 Å². The second-order valence-electron chi connectivity index (χ2n) is 5.99. The van der Waals surface area contributed by atoms with Gasteiger partial charge in [0.25, 0.3) is 0 Å². The van der Waals surface area contributed by atoms with Crippen molar-refractivity contribution in [1.82, 2.24) is 9.97 Å². The van der Waals surface area contributed by atoms with Gasteiger partial charge in [0, 0.05) is 33.4 Å². The summed E-state index contributed by atoms with van der Waals surface area (Å²) in [4.78, 5) is 9.22. The van der Waals surface area contributed by atoms with Crippen LogP contribution in [0.2, 0.25) is 0 Å². The predicted octanol–water partition coefficient (Wildman–Crippen LogP) is 6.29. The van der Waals surface area contributed by atoms with Crippen molar-refractivity contribution in [2.75, 3.05) is 0 Å². The second-order valence-corrected chi connectivity index (χ2v) is 7.76. The highest BCUT2D eigenvalue weighted by Crippen LogP contribution is 2.40. The van der Waals surface area contributed by atoms with Crippen LogP contribution in [0.3, 0.4) is 0 Å². The Morgan fingerprint density at radius 1 is 1.04 bits per heavy atom. The fourth-order valence-corrected chi connectivity index (χ4v) is 4.45. The number of benzene rings is 1. The SMILES string of the molecule is Brc1ccc(-c2csc(-c3cnccc3C3CCCC3)n2)cc1. The van der Waals surface area contributed by atoms with E-state index in [2.05, 4.69) is 56.6 Å². The zero-order chi connectivity index (χ0) is 15.6. The summed E-state index contributed by atoms with van der Waals surface area (Å²) in [7, 11) is 0. The van der Waals surface area contributed by atoms with E-state index in [1.54, 1.807) is 11.3 Å². The number of rotatable bonds is 3. The highest BCUT2D eigenvalue weighted by Gasteiger charge is 2.21. The Morgan fingerprint density at radius 2 is 1.83 bits per heavy atom. The standard InChI is InChI=1S/C19H17BrN2S/c20-15-7-5-14(6-8-15)18-12-23-19(22-18)17-11-21-10-9-16(17)13-3-1-2-4-13/h5-13H,1-4H2. The molecule has 0 aliphatic heterocycles. The maximum absolute atomic E-state index is 4.88. The molecule has 4 heteroatoms. The summed E-state index contributed by atoms with van der Waals surface area (Å²) in [5.41, 5.74) is 4.84. The predicted molar refractivity (Wildman–Crippen MR) is 99.7 cm³/mol. The number of thiazole rings is 1. The molecule has 2 nitrogen and oxygen atoms in total. The summed E-state index contributed by atoms with van der Waals surface area (Å²) >= 11 is 5.19. The third-order valence-corrected chi connectivity index (χ3v) is 5.93. The Hall–Kier alpha value is -1.52. The highest BCUT2D eigenvalue weighted by atomic mass is 79.9. The average molecular weight is 385 g/mol. The largest absolute Gasteiger partial charge is 0.264 e. The van der Waals surface area contributed by atoms with Crippen molar-refractivity contribution < 1.29 is 0 Å². The van der Waals surface area contributed by atoms with E-state index in [1.165, 1.54) is 36.8 Å². The lowest BCUT2D eigenvalue weighted by molar-refractivity contribution is 0.723. The molecule has 1 fully saturated rings. The maximum atomic E-state index is 4.88. The van der Waals surface area contributed by atoms with Crippen molar-refractivity contribution in [3.8, 4) is 21.8 Å². The van der Waals surface area contributed by atoms with Gasteiger partial charge in [0.15, 0.2) is 0 Å². The lowest BCUT2D eigenvalue weighted by Gasteiger charge is -2.13. The van der Waals surface area contributed by atoms with Gasteiger partial charge in [-0.05, 0) is 42.5 Å². The molecule has 0 atom stereocenters. The third-order valence-electron chi connectivity index (χ3n) is 4.52. The number of halogens is 1. The fraction of sp³-hybridized carbons (Fsp3) is 0.263. The topological polar surface area (TPSA) is 25.8 Å². The van der Waals surface area contributed by atoms with Crippen molar-refractivity contribution in [3.63, 3.8) is 0 Å². The monoisotopic (exact) mass is 384 g/mol. The van der Waals surface area contributed by atoms with Crippen molar-refractivity contribution in [1.29, 1.82) is 0 Å². The van der Waals surface area contributed by atoms with Gasteiger partial charge in [0.2, 0.25) is 0 Å². The Morgan fingerprint density at radius 3 is 2.61 bits per heavy atom. The second kappa shape index (κ2) is 6.54. The summed E-state index contributed by atoms with van der Waals surface area (Å²) in [5.74, 6) is 0.674. The van der Waals surface area contributed by atoms with E-state index in [9.17, 15) is 0 Å². The minimum atomic E-state index is 0.674. The Kier molecular flexibility index (Phi) is 4.27. The minimum Gasteiger partial charge on any atom is -0.264 e. The lowest BCUT2D eigenvalue weighted by Crippen LogP contribution is -1.96. The first-order chi connectivity index (χ1) is 11.3. The molecule has 4 rings (SSSR count). The number of pyridine rings is 1. The zero-order valence-electron chi connectivity index (χ0n) is 12.7. The van der Waals surface area contributed by atoms with E-state index in [-0.39, 0.29) is 0 Å². The first kappa shape index (κ1) is 15.0. The Balaban J connectivity index is 1.70. The molecule has 1 aromatic carbocycles. The van der Waals surface area contributed by atoms with E-state index >= 15 is 0 Å². The van der Waals surface area contributed by atoms with Crippen LogP contribution in [0.15, 0.2) is 52.6 Å². The number of hydrogen-bond acceptors (Lipinski definition) is 3. The molecule has 3 aromatic rings. The van der Waals surface area contributed by atoms with Crippen LogP contribution in [-0.2, 0) is 0 Å². The maximum Gasteiger partial charge on any atom is 0.125 e. The van der Waals surface area contributed by atoms with Crippen LogP contribution in [0.1, 0.15) is 37.2 Å². The number of aromatic nitrogens is 2. The smallest absolute Gasteiger partial charge is 0.125 e. The van der Waals surface area contributed by atoms with Gasteiger partial charge in [0.1, 0.15) is 5.01 Å². The van der Waals surface area contributed by atoms with E-state index in [1.807, 2.05) is 12.4 Å². The van der Waals surface area contributed by atoms with Crippen LogP contribution >= 0.6 is 27.3 Å². The van der Waals surface area contributed by atoms with Gasteiger partial charge in [-0.15, -0.1) is 11.3 Å². The highest BCUT2D eigenvalue weighted by molar-refractivity contribution is 9.10. The molecule has 0 saturated heterocycles. The molecule has 1 aliphatic carbocycles. The van der Waals surface area contributed by atoms with Crippen molar-refractivity contribution >= 4 is 27.3 Å². The van der Waals surface area contributed by atoms with E-state index in [0.717, 1.165) is 20.7 Å². The van der Waals surface area contributed by atoms with Gasteiger partial charge >= 0.3 is 0 Å². The molecular weight excluding hydrogens is 368 g/mol. The molecule has 0 N–H and O–H groups in total. The van der Waals surface area contributed by atoms with Gasteiger partial charge in [0.05, 0.1) is 5.69 Å². The van der Waals surface area contributed by atoms with Crippen LogP contribution in [0.4, 0.5) is 0 Å². The van der Waals surface area contributed by atoms with Crippen LogP contribution in [0.5, 0.6) is 0 Å². The molecule has 0 unspecified atom stereocenters. The average Bonchev–Trinajstić information content (AvgIpc) is 3.27. The van der Waals surface area contributed by atoms with Gasteiger partial charge < -0.3 is 0 Å². The molecule has 1 aliphatic rings. The Bertz CT molecular complexity index is 804. The van der Waals surface area contributed by atoms with Crippen LogP contribution in [0.25, 0.3) is 21.8 Å². The summed E-state index contributed by atoms with van der Waals surface area (Å²) in [6.45, 7) is 0. The summed E-state index contributed by atoms with van der Waals surface area (Å²) in [6.07, 6.45) is 9.17. The first-order valence-electron chi connectivity index (χ1n) is 7.97. The van der Waals surface area contributed by atoms with Crippen molar-refractivity contribution in [3.05, 3.63) is 58.1 Å². The summed E-state index contributed by atoms with van der Waals surface area (Å²) < 4.78 is 1.09. The minimum absolute atomic E-state index is 0.674. The van der Waals surface area contributed by atoms with E-state index in [0.29, 0.717) is 5.92 Å². The molecule has 2 aromatic heterocycles. The van der Waals surface area contributed by atoms with Gasteiger partial charge in [-0.2, -0.15) is 0 Å². The van der Waals surface area contributed by atoms with E-state index in [4.69, 9.17) is 4.98 Å². The molecular formula is C19H17BrN2S. The first-order valence-corrected chi connectivity index (χ1v) is 9.64. The number of hydrogen-bond donors (Lipinski definition) is 0. The molecule has 116 valence electrons. The quantitative estimate of drug-likeness (QED) is 0.529. The van der Waals surface area contributed by atoms with Crippen LogP contribution < -0.4 is 0 Å². The zero-order valence-corrected chi connectivity index (χ0v) is 15.1. The lowest BCUT2D eigenvalue weighted by atomic mass is 9.95. The third kappa shape index (κ3) is 3.10. The molecule has 0 amide bonds. The molecule has 23 heavy (non-hydrogen) atoms. The van der Waals surface area contributed by atoms with Gasteiger partial charge in [-0.1, -0.05) is 40.9 Å². The summed E-state index contributed by atoms with van der Waals surface area (Å²) in [6, 6.07) is 10.5. The normalized spacial score (nSPS) is 15.2. The van der Waals surface area contributed by atoms with Crippen LogP contribution in [0, 0.1) is 0 Å². The number of nitrogens with zero attached hydrogens (tertiary/aromatic N) is 2. The van der Waals surface area contributed by atoms with Crippen molar-refractivity contribution in [2.45, 2.75) is 31.6 Å².